The Morgan fingerprint density at radius 3 is 2.60 bits per heavy atom. The first kappa shape index (κ1) is 20.6. The van der Waals surface area contributed by atoms with Gasteiger partial charge in [0.15, 0.2) is 6.23 Å². The molecule has 2 saturated heterocycles. The summed E-state index contributed by atoms with van der Waals surface area (Å²) in [7, 11) is 0. The number of aliphatic hydroxyl groups is 1. The molecule has 4 rings (SSSR count). The van der Waals surface area contributed by atoms with Crippen molar-refractivity contribution in [2.45, 2.75) is 12.3 Å². The Morgan fingerprint density at radius 1 is 1.20 bits per heavy atom. The number of thiophene rings is 1. The molecule has 2 atom stereocenters. The van der Waals surface area contributed by atoms with Crippen molar-refractivity contribution in [2.75, 3.05) is 36.1 Å². The van der Waals surface area contributed by atoms with Crippen LogP contribution < -0.4 is 15.1 Å². The molecule has 2 aromatic rings. The fourth-order valence-electron chi connectivity index (χ4n) is 3.24. The van der Waals surface area contributed by atoms with E-state index in [1.807, 2.05) is 0 Å². The second-order valence-electron chi connectivity index (χ2n) is 6.71. The summed E-state index contributed by atoms with van der Waals surface area (Å²) in [5, 5.41) is 12.7. The minimum Gasteiger partial charge on any atom is -0.442 e. The van der Waals surface area contributed by atoms with Crippen molar-refractivity contribution >= 4 is 52.2 Å². The molecule has 11 heteroatoms. The van der Waals surface area contributed by atoms with E-state index in [0.29, 0.717) is 20.6 Å². The third-order valence-electron chi connectivity index (χ3n) is 4.66. The van der Waals surface area contributed by atoms with Crippen molar-refractivity contribution < 1.29 is 29.0 Å². The van der Waals surface area contributed by atoms with E-state index in [1.54, 1.807) is 36.4 Å². The monoisotopic (exact) mass is 451 g/mol. The Balaban J connectivity index is 1.37. The van der Waals surface area contributed by atoms with Gasteiger partial charge in [-0.05, 0) is 36.4 Å². The molecule has 9 nitrogen and oxygen atoms in total. The number of aliphatic hydroxyl groups excluding tert-OH is 1. The van der Waals surface area contributed by atoms with Crippen molar-refractivity contribution in [1.82, 2.24) is 5.32 Å². The maximum Gasteiger partial charge on any atom is 0.414 e. The number of anilines is 2. The lowest BCUT2D eigenvalue weighted by Gasteiger charge is -2.32. The number of carbonyl (C=O) groups is 3. The number of halogens is 1. The first-order valence-electron chi connectivity index (χ1n) is 9.12. The van der Waals surface area contributed by atoms with Crippen molar-refractivity contribution in [3.8, 4) is 0 Å². The molecular weight excluding hydrogens is 434 g/mol. The predicted octanol–water partition coefficient (Wildman–Crippen LogP) is 1.84. The molecule has 2 N–H and O–H groups in total. The molecule has 0 spiro atoms. The van der Waals surface area contributed by atoms with Crippen LogP contribution in [0.25, 0.3) is 0 Å². The second-order valence-corrected chi connectivity index (χ2v) is 8.42. The van der Waals surface area contributed by atoms with E-state index in [-0.39, 0.29) is 38.1 Å². The third kappa shape index (κ3) is 4.26. The minimum atomic E-state index is -1.06. The molecule has 0 bridgehead atoms. The van der Waals surface area contributed by atoms with Gasteiger partial charge in [0.05, 0.1) is 28.9 Å². The van der Waals surface area contributed by atoms with Crippen LogP contribution in [0.2, 0.25) is 4.34 Å². The van der Waals surface area contributed by atoms with E-state index in [0.717, 1.165) is 0 Å². The van der Waals surface area contributed by atoms with Gasteiger partial charge in [-0.2, -0.15) is 0 Å². The van der Waals surface area contributed by atoms with Crippen LogP contribution in [0.5, 0.6) is 0 Å². The first-order valence-corrected chi connectivity index (χ1v) is 10.3. The number of rotatable bonds is 5. The van der Waals surface area contributed by atoms with Crippen LogP contribution in [0.1, 0.15) is 9.67 Å². The molecule has 2 fully saturated rings. The standard InChI is InChI=1S/C19H18ClN3O6S/c20-15-6-5-14(30-15)18(26)21-7-13-8-22(19(27)29-13)11-1-3-12(4-2-11)23-16(24)9-28-10-17(23)25/h1-6,13,16,24H,7-10H2,(H,21,26)/t13-,16-/m0/s1. The largest absolute Gasteiger partial charge is 0.442 e. The Hall–Kier alpha value is -2.66. The molecule has 30 heavy (non-hydrogen) atoms. The summed E-state index contributed by atoms with van der Waals surface area (Å²) in [4.78, 5) is 39.5. The summed E-state index contributed by atoms with van der Waals surface area (Å²) in [5.41, 5.74) is 1.09. The van der Waals surface area contributed by atoms with E-state index >= 15 is 0 Å². The minimum absolute atomic E-state index is 0.0387. The summed E-state index contributed by atoms with van der Waals surface area (Å²) in [6.07, 6.45) is -2.08. The van der Waals surface area contributed by atoms with Crippen LogP contribution in [0.4, 0.5) is 16.2 Å². The van der Waals surface area contributed by atoms with Gasteiger partial charge in [0, 0.05) is 11.4 Å². The van der Waals surface area contributed by atoms with Gasteiger partial charge >= 0.3 is 6.09 Å². The number of amides is 3. The lowest BCUT2D eigenvalue weighted by molar-refractivity contribution is -0.132. The van der Waals surface area contributed by atoms with Crippen LogP contribution in [0.3, 0.4) is 0 Å². The van der Waals surface area contributed by atoms with Crippen molar-refractivity contribution in [2.24, 2.45) is 0 Å². The average molecular weight is 452 g/mol. The van der Waals surface area contributed by atoms with Crippen molar-refractivity contribution in [1.29, 1.82) is 0 Å². The van der Waals surface area contributed by atoms with Crippen LogP contribution in [-0.4, -0.2) is 61.6 Å². The van der Waals surface area contributed by atoms with E-state index in [9.17, 15) is 19.5 Å². The number of nitrogens with zero attached hydrogens (tertiary/aromatic N) is 2. The molecule has 1 aromatic carbocycles. The van der Waals surface area contributed by atoms with Crippen LogP contribution in [-0.2, 0) is 14.3 Å². The van der Waals surface area contributed by atoms with Crippen LogP contribution >= 0.6 is 22.9 Å². The molecule has 3 heterocycles. The zero-order valence-corrected chi connectivity index (χ0v) is 17.2. The highest BCUT2D eigenvalue weighted by Gasteiger charge is 2.33. The van der Waals surface area contributed by atoms with E-state index < -0.39 is 18.4 Å². The van der Waals surface area contributed by atoms with Crippen LogP contribution in [0, 0.1) is 0 Å². The fraction of sp³-hybridized carbons (Fsp3) is 0.316. The summed E-state index contributed by atoms with van der Waals surface area (Å²) < 4.78 is 10.9. The Labute approximate surface area is 180 Å². The Kier molecular flexibility index (Phi) is 5.91. The number of nitrogens with one attached hydrogen (secondary N) is 1. The molecule has 1 aromatic heterocycles. The maximum absolute atomic E-state index is 12.2. The van der Waals surface area contributed by atoms with Gasteiger partial charge in [0.2, 0.25) is 0 Å². The quantitative estimate of drug-likeness (QED) is 0.718. The molecule has 2 aliphatic heterocycles. The van der Waals surface area contributed by atoms with Gasteiger partial charge in [-0.3, -0.25) is 19.4 Å². The van der Waals surface area contributed by atoms with E-state index in [2.05, 4.69) is 5.32 Å². The van der Waals surface area contributed by atoms with Gasteiger partial charge in [0.1, 0.15) is 12.7 Å². The number of benzene rings is 1. The maximum atomic E-state index is 12.2. The summed E-state index contributed by atoms with van der Waals surface area (Å²) in [5.74, 6) is -0.621. The zero-order chi connectivity index (χ0) is 21.3. The number of carbonyl (C=O) groups excluding carboxylic acids is 3. The normalized spacial score (nSPS) is 21.7. The van der Waals surface area contributed by atoms with Crippen molar-refractivity contribution in [3.05, 3.63) is 45.6 Å². The molecule has 0 saturated carbocycles. The molecule has 0 radical (unpaired) electrons. The lowest BCUT2D eigenvalue weighted by Crippen LogP contribution is -2.49. The molecule has 0 aliphatic carbocycles. The van der Waals surface area contributed by atoms with Gasteiger partial charge < -0.3 is 19.9 Å². The second kappa shape index (κ2) is 8.60. The number of ether oxygens (including phenoxy) is 2. The van der Waals surface area contributed by atoms with E-state index in [1.165, 1.54) is 21.1 Å². The molecule has 3 amide bonds. The summed E-state index contributed by atoms with van der Waals surface area (Å²) in [6.45, 7) is 0.380. The Morgan fingerprint density at radius 2 is 1.93 bits per heavy atom. The van der Waals surface area contributed by atoms with Gasteiger partial charge in [0.25, 0.3) is 11.8 Å². The molecule has 158 valence electrons. The fourth-order valence-corrected chi connectivity index (χ4v) is 4.20. The highest BCUT2D eigenvalue weighted by atomic mass is 35.5. The smallest absolute Gasteiger partial charge is 0.414 e. The highest BCUT2D eigenvalue weighted by Crippen LogP contribution is 2.27. The Bertz CT molecular complexity index is 965. The number of cyclic esters (lactones) is 1. The lowest BCUT2D eigenvalue weighted by atomic mass is 10.2. The predicted molar refractivity (Wildman–Crippen MR) is 110 cm³/mol. The van der Waals surface area contributed by atoms with Crippen molar-refractivity contribution in [3.63, 3.8) is 0 Å². The zero-order valence-electron chi connectivity index (χ0n) is 15.6. The first-order chi connectivity index (χ1) is 14.4. The molecule has 0 unspecified atom stereocenters. The van der Waals surface area contributed by atoms with Crippen LogP contribution in [0.15, 0.2) is 36.4 Å². The van der Waals surface area contributed by atoms with Gasteiger partial charge in [-0.25, -0.2) is 4.79 Å². The average Bonchev–Trinajstić information content (AvgIpc) is 3.32. The van der Waals surface area contributed by atoms with E-state index in [4.69, 9.17) is 21.1 Å². The molecular formula is C19H18ClN3O6S. The number of morpholine rings is 1. The third-order valence-corrected chi connectivity index (χ3v) is 5.89. The topological polar surface area (TPSA) is 108 Å². The molecule has 2 aliphatic rings. The summed E-state index contributed by atoms with van der Waals surface area (Å²) >= 11 is 7.01. The van der Waals surface area contributed by atoms with Gasteiger partial charge in [-0.1, -0.05) is 11.6 Å². The number of hydrogen-bond acceptors (Lipinski definition) is 7. The summed E-state index contributed by atoms with van der Waals surface area (Å²) in [6, 6.07) is 9.90. The number of hydrogen-bond donors (Lipinski definition) is 2. The SMILES string of the molecule is O=C(NC[C@H]1CN(c2ccc(N3C(=O)COC[C@@H]3O)cc2)C(=O)O1)c1ccc(Cl)s1. The highest BCUT2D eigenvalue weighted by molar-refractivity contribution is 7.18. The van der Waals surface area contributed by atoms with Gasteiger partial charge in [-0.15, -0.1) is 11.3 Å².